The van der Waals surface area contributed by atoms with Gasteiger partial charge in [0.2, 0.25) is 5.91 Å². The monoisotopic (exact) mass is 267 g/mol. The number of amides is 1. The predicted molar refractivity (Wildman–Crippen MR) is 72.5 cm³/mol. The van der Waals surface area contributed by atoms with Crippen LogP contribution in [0.2, 0.25) is 0 Å². The first kappa shape index (κ1) is 14.4. The van der Waals surface area contributed by atoms with E-state index in [1.165, 1.54) is 25.7 Å². The Morgan fingerprint density at radius 1 is 1.21 bits per heavy atom. The number of hydrogen-bond donors (Lipinski definition) is 2. The highest BCUT2D eigenvalue weighted by atomic mass is 16.4. The van der Waals surface area contributed by atoms with Crippen LogP contribution in [0.25, 0.3) is 0 Å². The maximum Gasteiger partial charge on any atom is 0.308 e. The van der Waals surface area contributed by atoms with Gasteiger partial charge in [-0.2, -0.15) is 0 Å². The number of aliphatic carboxylic acids is 1. The molecular formula is C15H25NO3. The van der Waals surface area contributed by atoms with Crippen molar-refractivity contribution in [3.63, 3.8) is 0 Å². The van der Waals surface area contributed by atoms with Crippen molar-refractivity contribution in [2.24, 2.45) is 29.6 Å². The third kappa shape index (κ3) is 3.48. The highest BCUT2D eigenvalue weighted by Crippen LogP contribution is 2.55. The molecule has 0 radical (unpaired) electrons. The van der Waals surface area contributed by atoms with Gasteiger partial charge in [-0.05, 0) is 37.0 Å². The lowest BCUT2D eigenvalue weighted by atomic mass is 9.97. The number of hydrogen-bond acceptors (Lipinski definition) is 2. The maximum absolute atomic E-state index is 12.1. The van der Waals surface area contributed by atoms with Crippen LogP contribution in [0.5, 0.6) is 0 Å². The molecule has 0 aromatic heterocycles. The summed E-state index contributed by atoms with van der Waals surface area (Å²) in [6.45, 7) is 4.29. The van der Waals surface area contributed by atoms with E-state index in [0.717, 1.165) is 0 Å². The van der Waals surface area contributed by atoms with Crippen molar-refractivity contribution >= 4 is 11.9 Å². The zero-order valence-electron chi connectivity index (χ0n) is 11.9. The molecule has 2 aliphatic rings. The van der Waals surface area contributed by atoms with Crippen molar-refractivity contribution in [3.05, 3.63) is 0 Å². The average Bonchev–Trinajstić information content (AvgIpc) is 3.07. The summed E-state index contributed by atoms with van der Waals surface area (Å²) in [6.07, 6.45) is 5.47. The Morgan fingerprint density at radius 3 is 2.26 bits per heavy atom. The predicted octanol–water partition coefficient (Wildman–Crippen LogP) is 2.29. The fraction of sp³-hybridized carbons (Fsp3) is 0.867. The normalized spacial score (nSPS) is 30.6. The van der Waals surface area contributed by atoms with Crippen LogP contribution in [-0.4, -0.2) is 23.5 Å². The first-order chi connectivity index (χ1) is 9.00. The molecule has 0 saturated heterocycles. The number of carbonyl (C=O) groups excluding carboxylic acids is 1. The van der Waals surface area contributed by atoms with Crippen LogP contribution in [0.4, 0.5) is 0 Å². The van der Waals surface area contributed by atoms with Gasteiger partial charge < -0.3 is 10.4 Å². The van der Waals surface area contributed by atoms with E-state index in [2.05, 4.69) is 5.32 Å². The van der Waals surface area contributed by atoms with Gasteiger partial charge in [0.05, 0.1) is 5.92 Å². The summed E-state index contributed by atoms with van der Waals surface area (Å²) < 4.78 is 0. The maximum atomic E-state index is 12.1. The van der Waals surface area contributed by atoms with Gasteiger partial charge in [-0.25, -0.2) is 0 Å². The lowest BCUT2D eigenvalue weighted by Gasteiger charge is -2.15. The van der Waals surface area contributed by atoms with Crippen molar-refractivity contribution < 1.29 is 14.7 Å². The molecule has 0 aromatic carbocycles. The van der Waals surface area contributed by atoms with Crippen LogP contribution in [0, 0.1) is 29.6 Å². The van der Waals surface area contributed by atoms with Gasteiger partial charge in [-0.1, -0.05) is 26.7 Å². The third-order valence-corrected chi connectivity index (χ3v) is 4.59. The molecule has 3 atom stereocenters. The van der Waals surface area contributed by atoms with E-state index in [1.807, 2.05) is 13.8 Å². The van der Waals surface area contributed by atoms with Crippen LogP contribution in [0.1, 0.15) is 46.0 Å². The van der Waals surface area contributed by atoms with Gasteiger partial charge in [0, 0.05) is 12.5 Å². The Balaban J connectivity index is 1.77. The topological polar surface area (TPSA) is 66.4 Å². The van der Waals surface area contributed by atoms with Gasteiger partial charge in [0.25, 0.3) is 0 Å². The second kappa shape index (κ2) is 5.93. The molecule has 2 rings (SSSR count). The number of carboxylic acid groups (broad SMARTS) is 1. The summed E-state index contributed by atoms with van der Waals surface area (Å²) in [5.74, 6) is 0.514. The number of fused-ring (bicyclic) bond motifs is 1. The van der Waals surface area contributed by atoms with E-state index in [-0.39, 0.29) is 18.4 Å². The first-order valence-corrected chi connectivity index (χ1v) is 7.51. The van der Waals surface area contributed by atoms with Crippen molar-refractivity contribution in [2.45, 2.75) is 46.0 Å². The number of rotatable bonds is 6. The highest BCUT2D eigenvalue weighted by Gasteiger charge is 2.54. The summed E-state index contributed by atoms with van der Waals surface area (Å²) in [4.78, 5) is 23.2. The molecule has 2 aliphatic carbocycles. The number of carbonyl (C=O) groups is 2. The first-order valence-electron chi connectivity index (χ1n) is 7.51. The largest absolute Gasteiger partial charge is 0.481 e. The van der Waals surface area contributed by atoms with Gasteiger partial charge in [0.15, 0.2) is 0 Å². The van der Waals surface area contributed by atoms with Crippen molar-refractivity contribution in [3.8, 4) is 0 Å². The van der Waals surface area contributed by atoms with Crippen LogP contribution in [0.15, 0.2) is 0 Å². The number of nitrogens with one attached hydrogen (secondary N) is 1. The van der Waals surface area contributed by atoms with E-state index >= 15 is 0 Å². The fourth-order valence-electron chi connectivity index (χ4n) is 3.56. The summed E-state index contributed by atoms with van der Waals surface area (Å²) in [7, 11) is 0. The minimum absolute atomic E-state index is 0.0897. The molecule has 0 aliphatic heterocycles. The average molecular weight is 267 g/mol. The van der Waals surface area contributed by atoms with Crippen LogP contribution in [0.3, 0.4) is 0 Å². The van der Waals surface area contributed by atoms with E-state index in [9.17, 15) is 9.59 Å². The summed E-state index contributed by atoms with van der Waals surface area (Å²) >= 11 is 0. The Hall–Kier alpha value is -1.06. The molecule has 4 heteroatoms. The molecule has 2 N–H and O–H groups in total. The van der Waals surface area contributed by atoms with E-state index in [4.69, 9.17) is 5.11 Å². The van der Waals surface area contributed by atoms with Crippen molar-refractivity contribution in [1.82, 2.24) is 5.32 Å². The van der Waals surface area contributed by atoms with Gasteiger partial charge in [-0.3, -0.25) is 9.59 Å². The molecule has 0 heterocycles. The number of carboxylic acids is 1. The lowest BCUT2D eigenvalue weighted by molar-refractivity contribution is -0.142. The second-order valence-corrected chi connectivity index (χ2v) is 6.55. The Bertz CT molecular complexity index is 341. The molecule has 2 fully saturated rings. The summed E-state index contributed by atoms with van der Waals surface area (Å²) in [5.41, 5.74) is 0. The van der Waals surface area contributed by atoms with E-state index in [1.54, 1.807) is 0 Å². The van der Waals surface area contributed by atoms with Crippen molar-refractivity contribution in [2.75, 3.05) is 6.54 Å². The second-order valence-electron chi connectivity index (χ2n) is 6.55. The van der Waals surface area contributed by atoms with Gasteiger partial charge in [0.1, 0.15) is 0 Å². The Labute approximate surface area is 115 Å². The van der Waals surface area contributed by atoms with Crippen LogP contribution in [-0.2, 0) is 9.59 Å². The van der Waals surface area contributed by atoms with E-state index in [0.29, 0.717) is 24.2 Å². The SMILES string of the molecule is CC(C)CC(CNC(=O)C1C2CCCCC21)C(=O)O. The molecule has 2 saturated carbocycles. The fourth-order valence-corrected chi connectivity index (χ4v) is 3.56. The molecule has 4 nitrogen and oxygen atoms in total. The zero-order valence-corrected chi connectivity index (χ0v) is 11.9. The minimum atomic E-state index is -0.804. The van der Waals surface area contributed by atoms with E-state index < -0.39 is 11.9 Å². The van der Waals surface area contributed by atoms with Gasteiger partial charge >= 0.3 is 5.97 Å². The molecule has 0 bridgehead atoms. The standard InChI is InChI=1S/C15H25NO3/c1-9(2)7-10(15(18)19)8-16-14(17)13-11-5-3-4-6-12(11)13/h9-13H,3-8H2,1-2H3,(H,16,17)(H,18,19). The van der Waals surface area contributed by atoms with Gasteiger partial charge in [-0.15, -0.1) is 0 Å². The molecule has 19 heavy (non-hydrogen) atoms. The lowest BCUT2D eigenvalue weighted by Crippen LogP contribution is -2.35. The Kier molecular flexibility index (Phi) is 4.48. The third-order valence-electron chi connectivity index (χ3n) is 4.59. The zero-order chi connectivity index (χ0) is 14.0. The summed E-state index contributed by atoms with van der Waals surface area (Å²) in [5, 5.41) is 12.0. The molecule has 0 spiro atoms. The van der Waals surface area contributed by atoms with Crippen LogP contribution >= 0.6 is 0 Å². The molecule has 3 unspecified atom stereocenters. The van der Waals surface area contributed by atoms with Crippen LogP contribution < -0.4 is 5.32 Å². The minimum Gasteiger partial charge on any atom is -0.481 e. The molecular weight excluding hydrogens is 242 g/mol. The molecule has 108 valence electrons. The molecule has 1 amide bonds. The quantitative estimate of drug-likeness (QED) is 0.776. The summed E-state index contributed by atoms with van der Waals surface area (Å²) in [6, 6.07) is 0. The Morgan fingerprint density at radius 2 is 1.79 bits per heavy atom. The highest BCUT2D eigenvalue weighted by molar-refractivity contribution is 5.83. The molecule has 0 aromatic rings. The van der Waals surface area contributed by atoms with Crippen molar-refractivity contribution in [1.29, 1.82) is 0 Å². The smallest absolute Gasteiger partial charge is 0.308 e.